The van der Waals surface area contributed by atoms with Crippen LogP contribution in [0.5, 0.6) is 0 Å². The highest BCUT2D eigenvalue weighted by atomic mass is 19.3. The predicted octanol–water partition coefficient (Wildman–Crippen LogP) is 1.41. The predicted molar refractivity (Wildman–Crippen MR) is 34.2 cm³/mol. The zero-order valence-corrected chi connectivity index (χ0v) is 6.11. The summed E-state index contributed by atoms with van der Waals surface area (Å²) in [6, 6.07) is 0. The molecule has 0 aromatic heterocycles. The Morgan fingerprint density at radius 2 is 2.00 bits per heavy atom. The van der Waals surface area contributed by atoms with E-state index in [4.69, 9.17) is 5.11 Å². The van der Waals surface area contributed by atoms with Gasteiger partial charge in [-0.05, 0) is 24.2 Å². The fraction of sp³-hybridized carbons (Fsp3) is 1.00. The number of aliphatic hydroxyl groups is 1. The van der Waals surface area contributed by atoms with Crippen molar-refractivity contribution in [1.82, 2.24) is 0 Å². The smallest absolute Gasteiger partial charge is 0.255 e. The lowest BCUT2D eigenvalue weighted by Crippen LogP contribution is -1.98. The van der Waals surface area contributed by atoms with Gasteiger partial charge in [-0.15, -0.1) is 0 Å². The highest BCUT2D eigenvalue weighted by Crippen LogP contribution is 2.95. The third-order valence-corrected chi connectivity index (χ3v) is 4.00. The lowest BCUT2D eigenvalue weighted by Gasteiger charge is -1.92. The van der Waals surface area contributed by atoms with Gasteiger partial charge in [-0.1, -0.05) is 0 Å². The number of halogens is 2. The zero-order valence-electron chi connectivity index (χ0n) is 6.11. The molecular weight excluding hydrogens is 150 g/mol. The summed E-state index contributed by atoms with van der Waals surface area (Å²) in [5.41, 5.74) is -0.710. The largest absolute Gasteiger partial charge is 0.396 e. The molecule has 3 rings (SSSR count). The molecule has 0 aromatic carbocycles. The van der Waals surface area contributed by atoms with Gasteiger partial charge < -0.3 is 5.11 Å². The molecule has 0 heterocycles. The van der Waals surface area contributed by atoms with E-state index in [9.17, 15) is 8.78 Å². The lowest BCUT2D eigenvalue weighted by atomic mass is 10.2. The van der Waals surface area contributed by atoms with E-state index in [2.05, 4.69) is 0 Å². The number of hydrogen-bond acceptors (Lipinski definition) is 1. The van der Waals surface area contributed by atoms with E-state index in [0.29, 0.717) is 6.42 Å². The standard InChI is InChI=1S/C8H10F2O/c9-8(10)4-7(8)3-6(7)1-5(6)2-11/h5,11H,1-4H2/t5?,6-,7+/m1/s1. The summed E-state index contributed by atoms with van der Waals surface area (Å²) in [4.78, 5) is 0. The Bertz CT molecular complexity index is 240. The van der Waals surface area contributed by atoms with Crippen molar-refractivity contribution in [2.45, 2.75) is 25.2 Å². The summed E-state index contributed by atoms with van der Waals surface area (Å²) in [7, 11) is 0. The van der Waals surface area contributed by atoms with Crippen LogP contribution in [0.1, 0.15) is 19.3 Å². The van der Waals surface area contributed by atoms with Crippen molar-refractivity contribution in [2.24, 2.45) is 16.7 Å². The topological polar surface area (TPSA) is 20.2 Å². The van der Waals surface area contributed by atoms with E-state index in [1.165, 1.54) is 0 Å². The van der Waals surface area contributed by atoms with Crippen molar-refractivity contribution in [3.8, 4) is 0 Å². The van der Waals surface area contributed by atoms with Crippen LogP contribution in [0.2, 0.25) is 0 Å². The molecule has 0 aromatic rings. The second-order valence-corrected chi connectivity index (χ2v) is 4.38. The average Bonchev–Trinajstić information content (AvgIpc) is 2.77. The molecule has 0 bridgehead atoms. The van der Waals surface area contributed by atoms with Gasteiger partial charge in [0.05, 0.1) is 0 Å². The zero-order chi connectivity index (χ0) is 7.91. The van der Waals surface area contributed by atoms with E-state index in [-0.39, 0.29) is 24.4 Å². The number of aliphatic hydroxyl groups excluding tert-OH is 1. The fourth-order valence-electron chi connectivity index (χ4n) is 2.98. The van der Waals surface area contributed by atoms with Gasteiger partial charge in [-0.25, -0.2) is 8.78 Å². The maximum atomic E-state index is 12.7. The molecule has 0 radical (unpaired) electrons. The van der Waals surface area contributed by atoms with Crippen molar-refractivity contribution in [3.05, 3.63) is 0 Å². The van der Waals surface area contributed by atoms with Gasteiger partial charge in [0, 0.05) is 18.4 Å². The molecule has 0 aliphatic heterocycles. The monoisotopic (exact) mass is 160 g/mol. The van der Waals surface area contributed by atoms with Crippen LogP contribution < -0.4 is 0 Å². The van der Waals surface area contributed by atoms with Gasteiger partial charge in [0.15, 0.2) is 0 Å². The first-order valence-corrected chi connectivity index (χ1v) is 4.07. The molecule has 3 saturated carbocycles. The first-order chi connectivity index (χ1) is 5.08. The maximum Gasteiger partial charge on any atom is 0.255 e. The Kier molecular flexibility index (Phi) is 0.716. The minimum Gasteiger partial charge on any atom is -0.396 e. The van der Waals surface area contributed by atoms with Crippen LogP contribution in [0.25, 0.3) is 0 Å². The van der Waals surface area contributed by atoms with Gasteiger partial charge in [-0.3, -0.25) is 0 Å². The van der Waals surface area contributed by atoms with Crippen molar-refractivity contribution in [2.75, 3.05) is 6.61 Å². The van der Waals surface area contributed by atoms with E-state index in [0.717, 1.165) is 6.42 Å². The molecule has 3 aliphatic carbocycles. The van der Waals surface area contributed by atoms with E-state index in [1.807, 2.05) is 0 Å². The summed E-state index contributed by atoms with van der Waals surface area (Å²) in [5, 5.41) is 8.77. The van der Waals surface area contributed by atoms with Crippen LogP contribution in [0.4, 0.5) is 8.78 Å². The quantitative estimate of drug-likeness (QED) is 0.615. The van der Waals surface area contributed by atoms with E-state index in [1.54, 1.807) is 0 Å². The van der Waals surface area contributed by atoms with Crippen molar-refractivity contribution < 1.29 is 13.9 Å². The molecule has 1 N–H and O–H groups in total. The van der Waals surface area contributed by atoms with Crippen molar-refractivity contribution in [1.29, 1.82) is 0 Å². The molecule has 3 aliphatic rings. The molecule has 1 nitrogen and oxygen atoms in total. The number of hydrogen-bond donors (Lipinski definition) is 1. The number of rotatable bonds is 1. The highest BCUT2D eigenvalue weighted by Gasteiger charge is 2.96. The summed E-state index contributed by atoms with van der Waals surface area (Å²) in [5.74, 6) is -2.17. The van der Waals surface area contributed by atoms with Crippen LogP contribution in [-0.2, 0) is 0 Å². The molecule has 2 spiro atoms. The van der Waals surface area contributed by atoms with Gasteiger partial charge in [0.1, 0.15) is 0 Å². The highest BCUT2D eigenvalue weighted by molar-refractivity contribution is 5.39. The molecule has 0 amide bonds. The Morgan fingerprint density at radius 3 is 2.27 bits per heavy atom. The molecule has 62 valence electrons. The molecule has 11 heavy (non-hydrogen) atoms. The van der Waals surface area contributed by atoms with Gasteiger partial charge in [0.25, 0.3) is 5.92 Å². The molecule has 3 heteroatoms. The van der Waals surface area contributed by atoms with E-state index >= 15 is 0 Å². The fourth-order valence-corrected chi connectivity index (χ4v) is 2.98. The lowest BCUT2D eigenvalue weighted by molar-refractivity contribution is 0.0864. The summed E-state index contributed by atoms with van der Waals surface area (Å²) in [6.45, 7) is 0.109. The first-order valence-electron chi connectivity index (χ1n) is 4.07. The number of alkyl halides is 2. The van der Waals surface area contributed by atoms with Crippen molar-refractivity contribution in [3.63, 3.8) is 0 Å². The summed E-state index contributed by atoms with van der Waals surface area (Å²) in [6.07, 6.45) is 1.62. The molecule has 1 unspecified atom stereocenters. The second kappa shape index (κ2) is 1.24. The van der Waals surface area contributed by atoms with Gasteiger partial charge in [-0.2, -0.15) is 0 Å². The summed E-state index contributed by atoms with van der Waals surface area (Å²) >= 11 is 0. The molecule has 0 saturated heterocycles. The normalized spacial score (nSPS) is 61.9. The minimum absolute atomic E-state index is 0.0920. The third-order valence-electron chi connectivity index (χ3n) is 4.00. The van der Waals surface area contributed by atoms with Gasteiger partial charge >= 0.3 is 0 Å². The Labute approximate surface area is 63.4 Å². The van der Waals surface area contributed by atoms with Gasteiger partial charge in [0.2, 0.25) is 0 Å². The molecule has 3 atom stereocenters. The molecular formula is C8H10F2O. The SMILES string of the molecule is OCC1C[C@@]12C[C@]21CC1(F)F. The Hall–Kier alpha value is -0.180. The summed E-state index contributed by atoms with van der Waals surface area (Å²) < 4.78 is 25.5. The van der Waals surface area contributed by atoms with E-state index < -0.39 is 11.3 Å². The number of fused-ring (bicyclic) bond motifs is 1. The average molecular weight is 160 g/mol. The van der Waals surface area contributed by atoms with Crippen LogP contribution in [0.3, 0.4) is 0 Å². The third kappa shape index (κ3) is 0.443. The van der Waals surface area contributed by atoms with Crippen LogP contribution in [0, 0.1) is 16.7 Å². The van der Waals surface area contributed by atoms with Crippen molar-refractivity contribution >= 4 is 0 Å². The maximum absolute atomic E-state index is 12.7. The second-order valence-electron chi connectivity index (χ2n) is 4.38. The molecule has 3 fully saturated rings. The first kappa shape index (κ1) is 6.35. The Balaban J connectivity index is 1.82. The minimum atomic E-state index is -2.38. The Morgan fingerprint density at radius 1 is 1.36 bits per heavy atom. The van der Waals surface area contributed by atoms with Crippen LogP contribution in [-0.4, -0.2) is 17.6 Å². The van der Waals surface area contributed by atoms with Crippen LogP contribution in [0.15, 0.2) is 0 Å². The van der Waals surface area contributed by atoms with Crippen LogP contribution >= 0.6 is 0 Å².